The number of carbonyl (C=O) groups is 1. The molecule has 1 fully saturated rings. The number of nitrogens with zero attached hydrogens (tertiary/aromatic N) is 1. The molecule has 1 aliphatic rings. The fraction of sp³-hybridized carbons (Fsp3) is 0.500. The van der Waals surface area contributed by atoms with Gasteiger partial charge in [-0.15, -0.1) is 0 Å². The summed E-state index contributed by atoms with van der Waals surface area (Å²) in [5.74, 6) is -0.509. The molecule has 2 rings (SSSR count). The number of rotatable bonds is 3. The summed E-state index contributed by atoms with van der Waals surface area (Å²) in [4.78, 5) is 10.7. The van der Waals surface area contributed by atoms with Crippen LogP contribution >= 0.6 is 0 Å². The van der Waals surface area contributed by atoms with Crippen LogP contribution in [0.15, 0.2) is 29.4 Å². The van der Waals surface area contributed by atoms with Gasteiger partial charge in [0, 0.05) is 5.71 Å². The summed E-state index contributed by atoms with van der Waals surface area (Å²) in [5, 5.41) is 15.1. The van der Waals surface area contributed by atoms with Crippen molar-refractivity contribution < 1.29 is 9.90 Å². The molecule has 1 atom stereocenters. The van der Waals surface area contributed by atoms with Crippen LogP contribution in [0.2, 0.25) is 0 Å². The zero-order valence-corrected chi connectivity index (χ0v) is 12.3. The first-order valence-electron chi connectivity index (χ1n) is 6.98. The smallest absolute Gasteiger partial charge is 0.0715 e. The van der Waals surface area contributed by atoms with E-state index in [9.17, 15) is 9.90 Å². The van der Waals surface area contributed by atoms with Gasteiger partial charge in [0.05, 0.1) is 11.7 Å². The van der Waals surface area contributed by atoms with Crippen LogP contribution in [0.5, 0.6) is 0 Å². The van der Waals surface area contributed by atoms with E-state index >= 15 is 0 Å². The minimum absolute atomic E-state index is 0.177. The van der Waals surface area contributed by atoms with Gasteiger partial charge in [0.1, 0.15) is 0 Å². The number of anilines is 1. The number of hydrogen-bond donors (Lipinski definition) is 1. The molecule has 0 saturated heterocycles. The van der Waals surface area contributed by atoms with Crippen molar-refractivity contribution in [2.75, 3.05) is 5.43 Å². The Morgan fingerprint density at radius 1 is 1.35 bits per heavy atom. The van der Waals surface area contributed by atoms with Crippen LogP contribution in [0.4, 0.5) is 5.69 Å². The SMILES string of the molecule is C[C@H]1C/C(=N/Nc2ccc(C(=O)[O-])cc2)CC(C)(C)C1. The second kappa shape index (κ2) is 5.65. The molecule has 0 radical (unpaired) electrons. The lowest BCUT2D eigenvalue weighted by atomic mass is 9.72. The molecule has 1 saturated carbocycles. The molecule has 4 nitrogen and oxygen atoms in total. The fourth-order valence-electron chi connectivity index (χ4n) is 3.02. The van der Waals surface area contributed by atoms with Gasteiger partial charge in [0.25, 0.3) is 0 Å². The molecule has 0 aliphatic heterocycles. The predicted octanol–water partition coefficient (Wildman–Crippen LogP) is 2.66. The Morgan fingerprint density at radius 2 is 2.00 bits per heavy atom. The van der Waals surface area contributed by atoms with E-state index < -0.39 is 5.97 Å². The van der Waals surface area contributed by atoms with E-state index in [1.54, 1.807) is 12.1 Å². The summed E-state index contributed by atoms with van der Waals surface area (Å²) in [7, 11) is 0. The average molecular weight is 273 g/mol. The first kappa shape index (κ1) is 14.6. The van der Waals surface area contributed by atoms with Gasteiger partial charge in [-0.25, -0.2) is 0 Å². The Labute approximate surface area is 119 Å². The van der Waals surface area contributed by atoms with Crippen LogP contribution in [-0.2, 0) is 0 Å². The highest BCUT2D eigenvalue weighted by Gasteiger charge is 2.29. The molecule has 0 unspecified atom stereocenters. The third-order valence-electron chi connectivity index (χ3n) is 3.63. The number of carbonyl (C=O) groups excluding carboxylic acids is 1. The van der Waals surface area contributed by atoms with E-state index in [0.717, 1.165) is 18.5 Å². The standard InChI is InChI=1S/C16H22N2O2/c1-11-8-14(10-16(2,3)9-11)18-17-13-6-4-12(5-7-13)15(19)20/h4-7,11,17H,8-10H2,1-3H3,(H,19,20)/p-1/b18-14-/t11-/m0/s1. The van der Waals surface area contributed by atoms with Crippen molar-refractivity contribution in [1.82, 2.24) is 0 Å². The molecule has 108 valence electrons. The lowest BCUT2D eigenvalue weighted by Gasteiger charge is -2.34. The van der Waals surface area contributed by atoms with Crippen molar-refractivity contribution >= 4 is 17.4 Å². The molecule has 0 spiro atoms. The summed E-state index contributed by atoms with van der Waals surface area (Å²) in [5.41, 5.74) is 5.46. The zero-order chi connectivity index (χ0) is 14.8. The zero-order valence-electron chi connectivity index (χ0n) is 12.3. The van der Waals surface area contributed by atoms with E-state index in [-0.39, 0.29) is 5.56 Å². The number of carboxylic acids is 1. The Balaban J connectivity index is 2.03. The predicted molar refractivity (Wildman–Crippen MR) is 78.6 cm³/mol. The number of benzene rings is 1. The van der Waals surface area contributed by atoms with E-state index in [4.69, 9.17) is 0 Å². The van der Waals surface area contributed by atoms with Gasteiger partial charge in [0.2, 0.25) is 0 Å². The molecule has 0 bridgehead atoms. The van der Waals surface area contributed by atoms with E-state index in [1.165, 1.54) is 24.3 Å². The summed E-state index contributed by atoms with van der Waals surface area (Å²) < 4.78 is 0. The number of aromatic carboxylic acids is 1. The van der Waals surface area contributed by atoms with Gasteiger partial charge in [-0.2, -0.15) is 5.10 Å². The maximum atomic E-state index is 10.7. The molecular weight excluding hydrogens is 252 g/mol. The van der Waals surface area contributed by atoms with Crippen LogP contribution in [0, 0.1) is 11.3 Å². The lowest BCUT2D eigenvalue weighted by Crippen LogP contribution is -2.28. The number of hydrogen-bond acceptors (Lipinski definition) is 4. The lowest BCUT2D eigenvalue weighted by molar-refractivity contribution is -0.255. The highest BCUT2D eigenvalue weighted by Crippen LogP contribution is 2.37. The van der Waals surface area contributed by atoms with Crippen LogP contribution in [-0.4, -0.2) is 11.7 Å². The molecule has 1 aromatic rings. The molecule has 1 aliphatic carbocycles. The Morgan fingerprint density at radius 3 is 2.55 bits per heavy atom. The molecule has 20 heavy (non-hydrogen) atoms. The molecule has 4 heteroatoms. The van der Waals surface area contributed by atoms with Crippen molar-refractivity contribution in [1.29, 1.82) is 0 Å². The molecular formula is C16H21N2O2-. The van der Waals surface area contributed by atoms with Crippen molar-refractivity contribution in [3.8, 4) is 0 Å². The molecule has 0 amide bonds. The quantitative estimate of drug-likeness (QED) is 0.861. The normalized spacial score (nSPS) is 23.6. The van der Waals surface area contributed by atoms with Gasteiger partial charge < -0.3 is 9.90 Å². The van der Waals surface area contributed by atoms with E-state index in [1.807, 2.05) is 0 Å². The van der Waals surface area contributed by atoms with Crippen LogP contribution in [0.25, 0.3) is 0 Å². The third-order valence-corrected chi connectivity index (χ3v) is 3.63. The Kier molecular flexibility index (Phi) is 4.12. The second-order valence-corrected chi connectivity index (χ2v) is 6.51. The summed E-state index contributed by atoms with van der Waals surface area (Å²) in [6.45, 7) is 6.80. The fourth-order valence-corrected chi connectivity index (χ4v) is 3.02. The van der Waals surface area contributed by atoms with Gasteiger partial charge in [0.15, 0.2) is 0 Å². The van der Waals surface area contributed by atoms with Crippen molar-refractivity contribution in [2.45, 2.75) is 40.0 Å². The Bertz CT molecular complexity index is 518. The summed E-state index contributed by atoms with van der Waals surface area (Å²) in [6.07, 6.45) is 3.25. The largest absolute Gasteiger partial charge is 0.545 e. The molecule has 1 aromatic carbocycles. The Hall–Kier alpha value is -1.84. The number of hydrazone groups is 1. The van der Waals surface area contributed by atoms with Gasteiger partial charge in [-0.3, -0.25) is 5.43 Å². The minimum atomic E-state index is -1.16. The highest BCUT2D eigenvalue weighted by atomic mass is 16.4. The highest BCUT2D eigenvalue weighted by molar-refractivity contribution is 5.87. The van der Waals surface area contributed by atoms with Crippen LogP contribution in [0.3, 0.4) is 0 Å². The second-order valence-electron chi connectivity index (χ2n) is 6.51. The third kappa shape index (κ3) is 3.83. The molecule has 0 heterocycles. The van der Waals surface area contributed by atoms with Crippen LogP contribution < -0.4 is 10.5 Å². The molecule has 1 N–H and O–H groups in total. The first-order valence-corrected chi connectivity index (χ1v) is 6.98. The number of nitrogens with one attached hydrogen (secondary N) is 1. The van der Waals surface area contributed by atoms with Gasteiger partial charge in [-0.05, 0) is 48.3 Å². The first-order chi connectivity index (χ1) is 9.35. The molecule has 0 aromatic heterocycles. The topological polar surface area (TPSA) is 64.5 Å². The maximum absolute atomic E-state index is 10.7. The summed E-state index contributed by atoms with van der Waals surface area (Å²) >= 11 is 0. The average Bonchev–Trinajstić information content (AvgIpc) is 2.34. The van der Waals surface area contributed by atoms with E-state index in [2.05, 4.69) is 31.3 Å². The van der Waals surface area contributed by atoms with E-state index in [0.29, 0.717) is 11.3 Å². The summed E-state index contributed by atoms with van der Waals surface area (Å²) in [6, 6.07) is 6.44. The van der Waals surface area contributed by atoms with Gasteiger partial charge in [-0.1, -0.05) is 32.9 Å². The van der Waals surface area contributed by atoms with Crippen molar-refractivity contribution in [3.05, 3.63) is 29.8 Å². The van der Waals surface area contributed by atoms with Crippen molar-refractivity contribution in [2.24, 2.45) is 16.4 Å². The minimum Gasteiger partial charge on any atom is -0.545 e. The monoisotopic (exact) mass is 273 g/mol. The van der Waals surface area contributed by atoms with Gasteiger partial charge >= 0.3 is 0 Å². The maximum Gasteiger partial charge on any atom is 0.0715 e. The van der Waals surface area contributed by atoms with Crippen LogP contribution in [0.1, 0.15) is 50.4 Å². The van der Waals surface area contributed by atoms with Crippen molar-refractivity contribution in [3.63, 3.8) is 0 Å². The number of carboxylic acid groups (broad SMARTS) is 1.